The van der Waals surface area contributed by atoms with Crippen molar-refractivity contribution in [3.05, 3.63) is 51.5 Å². The number of hydrogen-bond donors (Lipinski definition) is 1. The summed E-state index contributed by atoms with van der Waals surface area (Å²) in [6.45, 7) is 6.33. The third-order valence-corrected chi connectivity index (χ3v) is 4.99. The summed E-state index contributed by atoms with van der Waals surface area (Å²) in [7, 11) is 0. The molecule has 2 aromatic carbocycles. The Morgan fingerprint density at radius 3 is 2.30 bits per heavy atom. The van der Waals surface area contributed by atoms with Crippen LogP contribution in [0, 0.1) is 0 Å². The van der Waals surface area contributed by atoms with Gasteiger partial charge in [-0.1, -0.05) is 13.3 Å². The minimum atomic E-state index is -0.375. The van der Waals surface area contributed by atoms with Crippen LogP contribution in [-0.2, 0) is 11.2 Å². The number of esters is 1. The molecule has 162 valence electrons. The van der Waals surface area contributed by atoms with Gasteiger partial charge in [-0.15, -0.1) is 0 Å². The summed E-state index contributed by atoms with van der Waals surface area (Å²) in [4.78, 5) is 23.4. The Morgan fingerprint density at radius 1 is 1.03 bits per heavy atom. The average Bonchev–Trinajstić information content (AvgIpc) is 2.71. The highest BCUT2D eigenvalue weighted by Gasteiger charge is 2.16. The van der Waals surface area contributed by atoms with Crippen LogP contribution in [0.15, 0.2) is 34.8 Å². The van der Waals surface area contributed by atoms with Crippen LogP contribution in [0.5, 0.6) is 17.2 Å². The molecule has 0 saturated heterocycles. The molecule has 0 bridgehead atoms. The van der Waals surface area contributed by atoms with Gasteiger partial charge in [-0.25, -0.2) is 4.79 Å². The van der Waals surface area contributed by atoms with E-state index in [0.29, 0.717) is 65.3 Å². The Hall–Kier alpha value is -2.54. The van der Waals surface area contributed by atoms with Gasteiger partial charge in [0.1, 0.15) is 17.2 Å². The molecule has 2 aromatic rings. The molecule has 0 unspecified atom stereocenters. The number of phenols is 1. The van der Waals surface area contributed by atoms with Crippen molar-refractivity contribution in [3.8, 4) is 17.2 Å². The van der Waals surface area contributed by atoms with Gasteiger partial charge >= 0.3 is 5.97 Å². The van der Waals surface area contributed by atoms with Crippen molar-refractivity contribution in [2.75, 3.05) is 19.8 Å². The molecule has 0 saturated carbocycles. The van der Waals surface area contributed by atoms with Gasteiger partial charge in [0.25, 0.3) is 0 Å². The van der Waals surface area contributed by atoms with Gasteiger partial charge in [0.15, 0.2) is 5.78 Å². The lowest BCUT2D eigenvalue weighted by molar-refractivity contribution is 0.0526. The maximum Gasteiger partial charge on any atom is 0.338 e. The first-order chi connectivity index (χ1) is 14.4. The van der Waals surface area contributed by atoms with Crippen LogP contribution in [0.1, 0.15) is 59.9 Å². The third kappa shape index (κ3) is 6.23. The molecule has 6 nitrogen and oxygen atoms in total. The summed E-state index contributed by atoms with van der Waals surface area (Å²) < 4.78 is 17.2. The number of aromatic hydroxyl groups is 1. The fourth-order valence-electron chi connectivity index (χ4n) is 2.91. The fourth-order valence-corrected chi connectivity index (χ4v) is 3.40. The zero-order chi connectivity index (χ0) is 22.1. The van der Waals surface area contributed by atoms with Gasteiger partial charge in [0, 0.05) is 12.0 Å². The van der Waals surface area contributed by atoms with Crippen molar-refractivity contribution < 1.29 is 28.9 Å². The van der Waals surface area contributed by atoms with Gasteiger partial charge in [-0.2, -0.15) is 0 Å². The Kier molecular flexibility index (Phi) is 9.17. The van der Waals surface area contributed by atoms with Gasteiger partial charge in [-0.05, 0) is 66.5 Å². The highest BCUT2D eigenvalue weighted by atomic mass is 79.9. The van der Waals surface area contributed by atoms with Crippen molar-refractivity contribution in [2.45, 2.75) is 40.0 Å². The van der Waals surface area contributed by atoms with E-state index in [1.807, 2.05) is 6.92 Å². The van der Waals surface area contributed by atoms with Crippen LogP contribution >= 0.6 is 15.9 Å². The summed E-state index contributed by atoms with van der Waals surface area (Å²) in [6, 6.07) is 8.36. The van der Waals surface area contributed by atoms with E-state index < -0.39 is 0 Å². The summed E-state index contributed by atoms with van der Waals surface area (Å²) in [5.74, 6) is 0.658. The first kappa shape index (κ1) is 23.7. The Balaban J connectivity index is 1.91. The first-order valence-corrected chi connectivity index (χ1v) is 10.8. The average molecular weight is 479 g/mol. The molecule has 1 N–H and O–H groups in total. The van der Waals surface area contributed by atoms with Crippen molar-refractivity contribution in [1.82, 2.24) is 0 Å². The number of hydrogen-bond acceptors (Lipinski definition) is 6. The van der Waals surface area contributed by atoms with E-state index in [2.05, 4.69) is 15.9 Å². The second kappa shape index (κ2) is 11.6. The predicted octanol–water partition coefficient (Wildman–Crippen LogP) is 5.33. The molecular weight excluding hydrogens is 452 g/mol. The first-order valence-electron chi connectivity index (χ1n) is 9.97. The van der Waals surface area contributed by atoms with E-state index in [1.165, 1.54) is 6.92 Å². The molecule has 0 heterocycles. The fraction of sp³-hybridized carbons (Fsp3) is 0.391. The predicted molar refractivity (Wildman–Crippen MR) is 118 cm³/mol. The molecule has 30 heavy (non-hydrogen) atoms. The number of halogens is 1. The Morgan fingerprint density at radius 2 is 1.70 bits per heavy atom. The molecule has 0 aromatic heterocycles. The molecule has 0 spiro atoms. The molecule has 0 aliphatic rings. The van der Waals surface area contributed by atoms with Crippen LogP contribution in [-0.4, -0.2) is 36.7 Å². The van der Waals surface area contributed by atoms with E-state index in [-0.39, 0.29) is 17.5 Å². The van der Waals surface area contributed by atoms with Gasteiger partial charge < -0.3 is 19.3 Å². The zero-order valence-electron chi connectivity index (χ0n) is 17.5. The van der Waals surface area contributed by atoms with Crippen molar-refractivity contribution >= 4 is 27.7 Å². The van der Waals surface area contributed by atoms with Gasteiger partial charge in [0.05, 0.1) is 35.4 Å². The smallest absolute Gasteiger partial charge is 0.338 e. The highest BCUT2D eigenvalue weighted by molar-refractivity contribution is 9.10. The molecule has 0 radical (unpaired) electrons. The normalized spacial score (nSPS) is 10.5. The molecule has 2 rings (SSSR count). The molecule has 0 aliphatic heterocycles. The van der Waals surface area contributed by atoms with E-state index >= 15 is 0 Å². The minimum absolute atomic E-state index is 0.00344. The monoisotopic (exact) mass is 478 g/mol. The number of Topliss-reactive ketones (excluding diaryl/α,β-unsaturated/α-hetero) is 1. The zero-order valence-corrected chi connectivity index (χ0v) is 19.1. The lowest BCUT2D eigenvalue weighted by Crippen LogP contribution is -2.08. The maximum atomic E-state index is 11.8. The number of phenolic OH excluding ortho intramolecular Hbond substituents is 1. The molecule has 0 aliphatic carbocycles. The standard InChI is InChI=1S/C23H27BrO6/c1-4-7-18-20(11-9-17(15(3)25)22(18)26)29-12-6-13-30-21-10-8-16(14-19(21)24)23(27)28-5-2/h8-11,14,26H,4-7,12-13H2,1-3H3. The summed E-state index contributed by atoms with van der Waals surface area (Å²) >= 11 is 3.41. The van der Waals surface area contributed by atoms with Gasteiger partial charge in [-0.3, -0.25) is 4.79 Å². The quantitative estimate of drug-likeness (QED) is 0.266. The number of carbonyl (C=O) groups is 2. The summed E-state index contributed by atoms with van der Waals surface area (Å²) in [6.07, 6.45) is 2.07. The van der Waals surface area contributed by atoms with Crippen molar-refractivity contribution in [1.29, 1.82) is 0 Å². The number of rotatable bonds is 11. The lowest BCUT2D eigenvalue weighted by Gasteiger charge is -2.15. The molecular formula is C23H27BrO6. The Bertz CT molecular complexity index is 894. The van der Waals surface area contributed by atoms with Crippen LogP contribution in [0.25, 0.3) is 0 Å². The number of ether oxygens (including phenoxy) is 3. The second-order valence-electron chi connectivity index (χ2n) is 6.66. The van der Waals surface area contributed by atoms with Crippen LogP contribution < -0.4 is 9.47 Å². The molecule has 7 heteroatoms. The largest absolute Gasteiger partial charge is 0.507 e. The number of ketones is 1. The minimum Gasteiger partial charge on any atom is -0.507 e. The van der Waals surface area contributed by atoms with Crippen LogP contribution in [0.3, 0.4) is 0 Å². The summed E-state index contributed by atoms with van der Waals surface area (Å²) in [5, 5.41) is 10.4. The lowest BCUT2D eigenvalue weighted by atomic mass is 10.0. The second-order valence-corrected chi connectivity index (χ2v) is 7.52. The number of carbonyl (C=O) groups excluding carboxylic acids is 2. The highest BCUT2D eigenvalue weighted by Crippen LogP contribution is 2.33. The van der Waals surface area contributed by atoms with E-state index in [1.54, 1.807) is 37.3 Å². The molecule has 0 fully saturated rings. The van der Waals surface area contributed by atoms with Crippen LogP contribution in [0.2, 0.25) is 0 Å². The van der Waals surface area contributed by atoms with E-state index in [0.717, 1.165) is 6.42 Å². The molecule has 0 amide bonds. The third-order valence-electron chi connectivity index (χ3n) is 4.37. The molecule has 0 atom stereocenters. The van der Waals surface area contributed by atoms with Gasteiger partial charge in [0.2, 0.25) is 0 Å². The van der Waals surface area contributed by atoms with Crippen molar-refractivity contribution in [2.24, 2.45) is 0 Å². The maximum absolute atomic E-state index is 11.8. The van der Waals surface area contributed by atoms with E-state index in [9.17, 15) is 14.7 Å². The van der Waals surface area contributed by atoms with Crippen LogP contribution in [0.4, 0.5) is 0 Å². The van der Waals surface area contributed by atoms with E-state index in [4.69, 9.17) is 14.2 Å². The summed E-state index contributed by atoms with van der Waals surface area (Å²) in [5.41, 5.74) is 1.42. The van der Waals surface area contributed by atoms with Crippen molar-refractivity contribution in [3.63, 3.8) is 0 Å². The topological polar surface area (TPSA) is 82.1 Å². The SMILES string of the molecule is CCCc1c(OCCCOc2ccc(C(=O)OCC)cc2Br)ccc(C(C)=O)c1O. The number of benzene rings is 2. The Labute approximate surface area is 185 Å².